The molecule has 0 bridgehead atoms. The van der Waals surface area contributed by atoms with Gasteiger partial charge in [-0.3, -0.25) is 19.9 Å². The summed E-state index contributed by atoms with van der Waals surface area (Å²) in [5.41, 5.74) is 2.50. The molecular weight excluding hydrogens is 396 g/mol. The minimum atomic E-state index is -0.380. The van der Waals surface area contributed by atoms with Gasteiger partial charge in [-0.1, -0.05) is 13.0 Å². The molecule has 4 heterocycles. The predicted molar refractivity (Wildman–Crippen MR) is 114 cm³/mol. The first kappa shape index (κ1) is 19.2. The van der Waals surface area contributed by atoms with Gasteiger partial charge >= 0.3 is 0 Å². The van der Waals surface area contributed by atoms with Gasteiger partial charge in [0.25, 0.3) is 5.91 Å². The topological polar surface area (TPSA) is 126 Å². The molecule has 31 heavy (non-hydrogen) atoms. The molecule has 3 N–H and O–H groups in total. The zero-order valence-electron chi connectivity index (χ0n) is 17.0. The van der Waals surface area contributed by atoms with E-state index in [1.54, 1.807) is 23.0 Å². The largest absolute Gasteiger partial charge is 0.351 e. The maximum atomic E-state index is 12.0. The van der Waals surface area contributed by atoms with Gasteiger partial charge in [-0.15, -0.1) is 0 Å². The molecular formula is C21H22N8O2. The summed E-state index contributed by atoms with van der Waals surface area (Å²) in [6.07, 6.45) is 8.08. The van der Waals surface area contributed by atoms with Crippen LogP contribution in [-0.2, 0) is 9.59 Å². The standard InChI is InChI=1S/C21H22N8O2/c1-2-15(16-5-3-4-8-22-16)25-20-27-18-13(9-12-10-17(30)26-19(12)31)11-23-29(18)21(28-20)24-14-6-7-14/h3-5,8-9,11,14-15H,2,6-7,10H2,1H3,(H,26,30,31)(H2,24,25,27,28)/b12-9+. The first-order valence-corrected chi connectivity index (χ1v) is 10.3. The van der Waals surface area contributed by atoms with Crippen molar-refractivity contribution in [1.82, 2.24) is 29.9 Å². The Balaban J connectivity index is 1.54. The summed E-state index contributed by atoms with van der Waals surface area (Å²) in [7, 11) is 0. The molecule has 10 nitrogen and oxygen atoms in total. The van der Waals surface area contributed by atoms with E-state index in [1.165, 1.54) is 0 Å². The molecule has 1 unspecified atom stereocenters. The molecule has 1 aliphatic heterocycles. The summed E-state index contributed by atoms with van der Waals surface area (Å²) in [4.78, 5) is 37.3. The third-order valence-electron chi connectivity index (χ3n) is 5.29. The van der Waals surface area contributed by atoms with Crippen LogP contribution >= 0.6 is 0 Å². The van der Waals surface area contributed by atoms with E-state index in [0.29, 0.717) is 34.7 Å². The highest BCUT2D eigenvalue weighted by Gasteiger charge is 2.26. The van der Waals surface area contributed by atoms with Gasteiger partial charge in [-0.25, -0.2) is 0 Å². The molecule has 3 aromatic rings. The second-order valence-electron chi connectivity index (χ2n) is 7.71. The van der Waals surface area contributed by atoms with E-state index in [0.717, 1.165) is 25.0 Å². The number of rotatable bonds is 7. The van der Waals surface area contributed by atoms with Crippen molar-refractivity contribution in [2.75, 3.05) is 10.6 Å². The molecule has 5 rings (SSSR count). The van der Waals surface area contributed by atoms with Gasteiger partial charge in [0.1, 0.15) is 0 Å². The number of imide groups is 1. The number of carbonyl (C=O) groups is 2. The number of carbonyl (C=O) groups excluding carboxylic acids is 2. The molecule has 2 aliphatic rings. The molecule has 10 heteroatoms. The van der Waals surface area contributed by atoms with Crippen molar-refractivity contribution in [3.05, 3.63) is 47.4 Å². The number of pyridine rings is 1. The Morgan fingerprint density at radius 3 is 2.84 bits per heavy atom. The molecule has 158 valence electrons. The number of hydrogen-bond donors (Lipinski definition) is 3. The number of amides is 2. The fraction of sp³-hybridized carbons (Fsp3) is 0.333. The third kappa shape index (κ3) is 3.96. The van der Waals surface area contributed by atoms with Crippen LogP contribution in [0, 0.1) is 0 Å². The fourth-order valence-corrected chi connectivity index (χ4v) is 3.50. The van der Waals surface area contributed by atoms with E-state index in [9.17, 15) is 9.59 Å². The van der Waals surface area contributed by atoms with Crippen molar-refractivity contribution < 1.29 is 9.59 Å². The summed E-state index contributed by atoms with van der Waals surface area (Å²) < 4.78 is 1.63. The van der Waals surface area contributed by atoms with E-state index in [2.05, 4.69) is 42.9 Å². The van der Waals surface area contributed by atoms with E-state index < -0.39 is 0 Å². The van der Waals surface area contributed by atoms with E-state index in [-0.39, 0.29) is 24.3 Å². The second kappa shape index (κ2) is 7.78. The Kier molecular flexibility index (Phi) is 4.81. The number of aromatic nitrogens is 5. The monoisotopic (exact) mass is 418 g/mol. The van der Waals surface area contributed by atoms with E-state index >= 15 is 0 Å². The normalized spacial score (nSPS) is 18.4. The van der Waals surface area contributed by atoms with Crippen LogP contribution in [-0.4, -0.2) is 42.4 Å². The Bertz CT molecular complexity index is 1180. The molecule has 1 atom stereocenters. The number of nitrogens with zero attached hydrogens (tertiary/aromatic N) is 5. The van der Waals surface area contributed by atoms with E-state index in [4.69, 9.17) is 0 Å². The van der Waals surface area contributed by atoms with Crippen molar-refractivity contribution in [2.45, 2.75) is 44.7 Å². The number of hydrogen-bond acceptors (Lipinski definition) is 8. The quantitative estimate of drug-likeness (QED) is 0.393. The molecule has 3 aromatic heterocycles. The predicted octanol–water partition coefficient (Wildman–Crippen LogP) is 2.09. The van der Waals surface area contributed by atoms with Crippen LogP contribution in [0.4, 0.5) is 11.9 Å². The van der Waals surface area contributed by atoms with Gasteiger partial charge in [0.05, 0.1) is 24.4 Å². The van der Waals surface area contributed by atoms with Crippen LogP contribution in [0.1, 0.15) is 49.9 Å². The first-order valence-electron chi connectivity index (χ1n) is 10.3. The Hall–Kier alpha value is -3.82. The van der Waals surface area contributed by atoms with Crippen molar-refractivity contribution in [3.8, 4) is 0 Å². The van der Waals surface area contributed by atoms with Crippen LogP contribution in [0.25, 0.3) is 11.7 Å². The first-order chi connectivity index (χ1) is 15.1. The molecule has 2 amide bonds. The Morgan fingerprint density at radius 1 is 1.29 bits per heavy atom. The molecule has 1 aliphatic carbocycles. The van der Waals surface area contributed by atoms with Crippen LogP contribution < -0.4 is 16.0 Å². The average Bonchev–Trinajstić information content (AvgIpc) is 3.41. The lowest BCUT2D eigenvalue weighted by atomic mass is 10.1. The molecule has 0 aromatic carbocycles. The summed E-state index contributed by atoms with van der Waals surface area (Å²) in [5, 5.41) is 13.5. The van der Waals surface area contributed by atoms with Gasteiger partial charge in [0.2, 0.25) is 17.8 Å². The van der Waals surface area contributed by atoms with Gasteiger partial charge in [-0.05, 0) is 37.5 Å². The maximum absolute atomic E-state index is 12.0. The van der Waals surface area contributed by atoms with Crippen molar-refractivity contribution in [3.63, 3.8) is 0 Å². The van der Waals surface area contributed by atoms with Crippen molar-refractivity contribution in [2.24, 2.45) is 0 Å². The summed E-state index contributed by atoms with van der Waals surface area (Å²) >= 11 is 0. The molecule has 1 saturated carbocycles. The van der Waals surface area contributed by atoms with Crippen LogP contribution in [0.5, 0.6) is 0 Å². The summed E-state index contributed by atoms with van der Waals surface area (Å²) in [6, 6.07) is 6.11. The zero-order valence-corrected chi connectivity index (χ0v) is 17.0. The van der Waals surface area contributed by atoms with Crippen molar-refractivity contribution >= 4 is 35.4 Å². The number of anilines is 2. The summed E-state index contributed by atoms with van der Waals surface area (Å²) in [6.45, 7) is 2.07. The number of fused-ring (bicyclic) bond motifs is 1. The highest BCUT2D eigenvalue weighted by molar-refractivity contribution is 6.15. The lowest BCUT2D eigenvalue weighted by Gasteiger charge is -2.17. The lowest BCUT2D eigenvalue weighted by Crippen LogP contribution is -2.19. The highest BCUT2D eigenvalue weighted by atomic mass is 16.2. The smallest absolute Gasteiger partial charge is 0.254 e. The van der Waals surface area contributed by atoms with Crippen LogP contribution in [0.2, 0.25) is 0 Å². The lowest BCUT2D eigenvalue weighted by molar-refractivity contribution is -0.124. The Morgan fingerprint density at radius 2 is 2.16 bits per heavy atom. The molecule has 2 fully saturated rings. The van der Waals surface area contributed by atoms with Crippen LogP contribution in [0.3, 0.4) is 0 Å². The third-order valence-corrected chi connectivity index (χ3v) is 5.29. The molecule has 0 spiro atoms. The second-order valence-corrected chi connectivity index (χ2v) is 7.71. The van der Waals surface area contributed by atoms with Gasteiger partial charge in [0, 0.05) is 23.4 Å². The van der Waals surface area contributed by atoms with Crippen LogP contribution in [0.15, 0.2) is 36.2 Å². The minimum Gasteiger partial charge on any atom is -0.351 e. The van der Waals surface area contributed by atoms with Crippen molar-refractivity contribution in [1.29, 1.82) is 0 Å². The summed E-state index contributed by atoms with van der Waals surface area (Å²) in [5.74, 6) is 0.346. The molecule has 0 radical (unpaired) electrons. The zero-order chi connectivity index (χ0) is 21.4. The SMILES string of the molecule is CCC(Nc1nc(NC2CC2)n2ncc(/C=C3\CC(=O)NC3=O)c2n1)c1ccccn1. The maximum Gasteiger partial charge on any atom is 0.254 e. The fourth-order valence-electron chi connectivity index (χ4n) is 3.50. The minimum absolute atomic E-state index is 0.0527. The number of nitrogens with one attached hydrogen (secondary N) is 3. The Labute approximate surface area is 178 Å². The van der Waals surface area contributed by atoms with E-state index in [1.807, 2.05) is 18.2 Å². The average molecular weight is 418 g/mol. The van der Waals surface area contributed by atoms with Gasteiger partial charge in [-0.2, -0.15) is 19.6 Å². The van der Waals surface area contributed by atoms with Gasteiger partial charge in [0.15, 0.2) is 5.65 Å². The highest BCUT2D eigenvalue weighted by Crippen LogP contribution is 2.27. The molecule has 1 saturated heterocycles. The van der Waals surface area contributed by atoms with Gasteiger partial charge < -0.3 is 10.6 Å².